The summed E-state index contributed by atoms with van der Waals surface area (Å²) in [7, 11) is 0.923. The van der Waals surface area contributed by atoms with Crippen molar-refractivity contribution in [2.45, 2.75) is 49.5 Å². The number of ether oxygens (including phenoxy) is 2. The van der Waals surface area contributed by atoms with Crippen LogP contribution in [0, 0.1) is 0 Å². The number of carbonyl (C=O) groups excluding carboxylic acids is 2. The standard InChI is InChI=1S/C12H21NO9/c1-5(15)13-8-6(16)3-12(20,11(19)21-2)22-10(8)9(18)7(17)4-14/h6-10,14,16-18,20H,3-4H2,1-2H3,(H,13,15)/t6?,7-,8?,9-,10?,12?/m0/s1/i1D3. The predicted octanol–water partition coefficient (Wildman–Crippen LogP) is -3.78. The third-order valence-electron chi connectivity index (χ3n) is 3.31. The molecule has 0 aliphatic carbocycles. The fourth-order valence-electron chi connectivity index (χ4n) is 2.21. The molecule has 6 atom stereocenters. The Kier molecular flexibility index (Phi) is 4.75. The van der Waals surface area contributed by atoms with E-state index in [1.54, 1.807) is 0 Å². The van der Waals surface area contributed by atoms with Crippen LogP contribution in [0.1, 0.15) is 17.4 Å². The SMILES string of the molecule is [2H]C([2H])([2H])C(=O)NC1C(O)CC(O)(C(=O)OC)OC1[C@@H](O)[C@@H](O)CO. The molecule has 1 rings (SSSR count). The van der Waals surface area contributed by atoms with E-state index < -0.39 is 68.0 Å². The van der Waals surface area contributed by atoms with Gasteiger partial charge in [0.1, 0.15) is 18.3 Å². The molecule has 1 aliphatic heterocycles. The summed E-state index contributed by atoms with van der Waals surface area (Å²) in [4.78, 5) is 23.3. The average Bonchev–Trinajstić information content (AvgIpc) is 2.53. The van der Waals surface area contributed by atoms with Gasteiger partial charge < -0.3 is 40.3 Å². The van der Waals surface area contributed by atoms with Crippen LogP contribution in [0.3, 0.4) is 0 Å². The van der Waals surface area contributed by atoms with Gasteiger partial charge in [-0.25, -0.2) is 4.79 Å². The van der Waals surface area contributed by atoms with Crippen molar-refractivity contribution in [3.8, 4) is 0 Å². The zero-order valence-corrected chi connectivity index (χ0v) is 11.7. The molecule has 1 amide bonds. The fraction of sp³-hybridized carbons (Fsp3) is 0.833. The molecule has 1 aliphatic rings. The van der Waals surface area contributed by atoms with Gasteiger partial charge in [0.2, 0.25) is 5.91 Å². The monoisotopic (exact) mass is 326 g/mol. The van der Waals surface area contributed by atoms with E-state index in [-0.39, 0.29) is 0 Å². The number of hydrogen-bond acceptors (Lipinski definition) is 9. The van der Waals surface area contributed by atoms with Crippen molar-refractivity contribution >= 4 is 11.9 Å². The van der Waals surface area contributed by atoms with Crippen molar-refractivity contribution in [2.24, 2.45) is 0 Å². The number of hydrogen-bond donors (Lipinski definition) is 6. The Hall–Kier alpha value is -1.30. The van der Waals surface area contributed by atoms with Crippen LogP contribution in [0.4, 0.5) is 0 Å². The van der Waals surface area contributed by atoms with Gasteiger partial charge in [-0.15, -0.1) is 0 Å². The lowest BCUT2D eigenvalue weighted by Gasteiger charge is -2.45. The zero-order valence-electron chi connectivity index (χ0n) is 14.7. The maximum atomic E-state index is 11.7. The van der Waals surface area contributed by atoms with E-state index >= 15 is 0 Å². The summed E-state index contributed by atoms with van der Waals surface area (Å²) in [6.45, 7) is -4.03. The first-order valence-electron chi connectivity index (χ1n) is 7.82. The summed E-state index contributed by atoms with van der Waals surface area (Å²) in [6.07, 6.45) is -8.19. The molecule has 0 aromatic carbocycles. The Morgan fingerprint density at radius 1 is 1.55 bits per heavy atom. The Morgan fingerprint density at radius 2 is 2.18 bits per heavy atom. The highest BCUT2D eigenvalue weighted by Crippen LogP contribution is 2.31. The molecule has 6 N–H and O–H groups in total. The minimum absolute atomic E-state index is 0.802. The van der Waals surface area contributed by atoms with Crippen LogP contribution in [0.25, 0.3) is 0 Å². The normalized spacial score (nSPS) is 37.2. The minimum atomic E-state index is -3.08. The van der Waals surface area contributed by atoms with Crippen molar-refractivity contribution in [2.75, 3.05) is 13.7 Å². The van der Waals surface area contributed by atoms with Crippen LogP contribution in [-0.2, 0) is 19.1 Å². The molecule has 22 heavy (non-hydrogen) atoms. The summed E-state index contributed by atoms with van der Waals surface area (Å²) in [5.41, 5.74) is 0. The van der Waals surface area contributed by atoms with Crippen LogP contribution in [-0.4, -0.2) is 87.4 Å². The second-order valence-corrected chi connectivity index (χ2v) is 4.87. The largest absolute Gasteiger partial charge is 0.465 e. The van der Waals surface area contributed by atoms with Crippen LogP contribution >= 0.6 is 0 Å². The predicted molar refractivity (Wildman–Crippen MR) is 69.2 cm³/mol. The zero-order chi connectivity index (χ0) is 19.6. The lowest BCUT2D eigenvalue weighted by atomic mass is 9.88. The number of rotatable bonds is 5. The number of carbonyl (C=O) groups is 2. The van der Waals surface area contributed by atoms with E-state index in [0.717, 1.165) is 7.11 Å². The van der Waals surface area contributed by atoms with Crippen molar-refractivity contribution in [1.82, 2.24) is 5.32 Å². The summed E-state index contributed by atoms with van der Waals surface area (Å²) >= 11 is 0. The van der Waals surface area contributed by atoms with Crippen LogP contribution in [0.5, 0.6) is 0 Å². The van der Waals surface area contributed by atoms with Gasteiger partial charge in [-0.3, -0.25) is 4.79 Å². The highest BCUT2D eigenvalue weighted by Gasteiger charge is 2.54. The summed E-state index contributed by atoms with van der Waals surface area (Å²) in [6, 6.07) is -1.60. The van der Waals surface area contributed by atoms with Crippen molar-refractivity contribution in [3.05, 3.63) is 0 Å². The molecular weight excluding hydrogens is 302 g/mol. The number of nitrogens with one attached hydrogen (secondary N) is 1. The molecule has 0 aromatic rings. The molecule has 0 aromatic heterocycles. The van der Waals surface area contributed by atoms with Gasteiger partial charge in [0.05, 0.1) is 25.9 Å². The second-order valence-electron chi connectivity index (χ2n) is 4.87. The highest BCUT2D eigenvalue weighted by molar-refractivity contribution is 5.78. The maximum Gasteiger partial charge on any atom is 0.366 e. The van der Waals surface area contributed by atoms with Crippen molar-refractivity contribution < 1.29 is 48.7 Å². The number of methoxy groups -OCH3 is 1. The Balaban J connectivity index is 3.16. The molecule has 0 spiro atoms. The quantitative estimate of drug-likeness (QED) is 0.278. The first-order valence-corrected chi connectivity index (χ1v) is 6.32. The molecule has 10 heteroatoms. The van der Waals surface area contributed by atoms with Crippen LogP contribution < -0.4 is 5.32 Å². The summed E-state index contributed by atoms with van der Waals surface area (Å²) < 4.78 is 30.4. The van der Waals surface area contributed by atoms with Gasteiger partial charge in [-0.1, -0.05) is 0 Å². The Bertz CT molecular complexity index is 503. The number of aliphatic hydroxyl groups is 5. The van der Waals surface area contributed by atoms with E-state index in [4.69, 9.17) is 14.0 Å². The highest BCUT2D eigenvalue weighted by atomic mass is 16.7. The van der Waals surface area contributed by atoms with Gasteiger partial charge in [-0.2, -0.15) is 0 Å². The first-order chi connectivity index (χ1) is 11.4. The van der Waals surface area contributed by atoms with Gasteiger partial charge in [-0.05, 0) is 0 Å². The molecule has 0 radical (unpaired) electrons. The van der Waals surface area contributed by atoms with Gasteiger partial charge in [0, 0.05) is 17.4 Å². The molecule has 4 unspecified atom stereocenters. The summed E-state index contributed by atoms with van der Waals surface area (Å²) in [5, 5.41) is 50.7. The van der Waals surface area contributed by atoms with Crippen molar-refractivity contribution in [1.29, 1.82) is 0 Å². The maximum absolute atomic E-state index is 11.7. The Labute approximate surface area is 130 Å². The molecule has 1 saturated heterocycles. The van der Waals surface area contributed by atoms with E-state index in [9.17, 15) is 30.0 Å². The molecule has 1 heterocycles. The average molecular weight is 326 g/mol. The molecule has 0 bridgehead atoms. The molecule has 0 saturated carbocycles. The second kappa shape index (κ2) is 7.31. The molecular formula is C12H21NO9. The van der Waals surface area contributed by atoms with E-state index in [2.05, 4.69) is 4.74 Å². The van der Waals surface area contributed by atoms with E-state index in [1.807, 2.05) is 5.32 Å². The fourth-order valence-corrected chi connectivity index (χ4v) is 2.21. The molecule has 1 fully saturated rings. The molecule has 128 valence electrons. The summed E-state index contributed by atoms with van der Waals surface area (Å²) in [5.74, 6) is -5.52. The number of esters is 1. The topological polar surface area (TPSA) is 166 Å². The number of aliphatic hydroxyl groups excluding tert-OH is 4. The van der Waals surface area contributed by atoms with Gasteiger partial charge in [0.25, 0.3) is 5.79 Å². The first kappa shape index (κ1) is 14.3. The third kappa shape index (κ3) is 3.91. The van der Waals surface area contributed by atoms with Crippen LogP contribution in [0.15, 0.2) is 0 Å². The van der Waals surface area contributed by atoms with Gasteiger partial charge >= 0.3 is 5.97 Å². The third-order valence-corrected chi connectivity index (χ3v) is 3.31. The van der Waals surface area contributed by atoms with Crippen LogP contribution in [0.2, 0.25) is 0 Å². The lowest BCUT2D eigenvalue weighted by molar-refractivity contribution is -0.296. The van der Waals surface area contributed by atoms with Crippen molar-refractivity contribution in [3.63, 3.8) is 0 Å². The minimum Gasteiger partial charge on any atom is -0.465 e. The van der Waals surface area contributed by atoms with Gasteiger partial charge in [0.15, 0.2) is 0 Å². The van der Waals surface area contributed by atoms with E-state index in [0.29, 0.717) is 0 Å². The number of amides is 1. The smallest absolute Gasteiger partial charge is 0.366 e. The van der Waals surface area contributed by atoms with E-state index in [1.165, 1.54) is 0 Å². The Morgan fingerprint density at radius 3 is 2.68 bits per heavy atom. The molecule has 10 nitrogen and oxygen atoms in total. The lowest BCUT2D eigenvalue weighted by Crippen LogP contribution is -2.67.